The minimum atomic E-state index is -0.411. The highest BCUT2D eigenvalue weighted by Gasteiger charge is 2.26. The molecule has 1 aliphatic rings. The van der Waals surface area contributed by atoms with E-state index in [1.54, 1.807) is 17.8 Å². The second-order valence-electron chi connectivity index (χ2n) is 5.01. The molecule has 0 radical (unpaired) electrons. The average molecular weight is 285 g/mol. The molecule has 2 rings (SSSR count). The van der Waals surface area contributed by atoms with Gasteiger partial charge >= 0.3 is 0 Å². The van der Waals surface area contributed by atoms with E-state index in [9.17, 15) is 4.39 Å². The molecule has 1 saturated heterocycles. The Morgan fingerprint density at radius 3 is 2.79 bits per heavy atom. The van der Waals surface area contributed by atoms with Crippen molar-refractivity contribution in [3.63, 3.8) is 0 Å². The summed E-state index contributed by atoms with van der Waals surface area (Å²) in [5.41, 5.74) is 6.34. The lowest BCUT2D eigenvalue weighted by Gasteiger charge is -2.17. The fourth-order valence-electron chi connectivity index (χ4n) is 2.03. The lowest BCUT2D eigenvalue weighted by atomic mass is 10.2. The van der Waals surface area contributed by atoms with Crippen molar-refractivity contribution in [2.24, 2.45) is 0 Å². The summed E-state index contributed by atoms with van der Waals surface area (Å²) in [5.74, 6) is -0.149. The first-order valence-electron chi connectivity index (χ1n) is 6.51. The Labute approximate surface area is 117 Å². The topological polar surface area (TPSA) is 44.5 Å². The molecule has 2 atom stereocenters. The van der Waals surface area contributed by atoms with Gasteiger partial charge in [0, 0.05) is 28.5 Å². The summed E-state index contributed by atoms with van der Waals surface area (Å²) < 4.78 is 24.7. The predicted octanol–water partition coefficient (Wildman–Crippen LogP) is 3.46. The van der Waals surface area contributed by atoms with E-state index >= 15 is 0 Å². The lowest BCUT2D eigenvalue weighted by Crippen LogP contribution is -2.13. The third-order valence-electron chi connectivity index (χ3n) is 3.01. The van der Waals surface area contributed by atoms with Crippen LogP contribution in [0.2, 0.25) is 0 Å². The second kappa shape index (κ2) is 6.01. The molecule has 1 heterocycles. The van der Waals surface area contributed by atoms with E-state index in [1.807, 2.05) is 13.8 Å². The molecule has 1 aromatic rings. The zero-order valence-corrected chi connectivity index (χ0v) is 12.3. The zero-order chi connectivity index (χ0) is 14.0. The maximum Gasteiger partial charge on any atom is 0.167 e. The number of hydrogen-bond acceptors (Lipinski definition) is 4. The highest BCUT2D eigenvalue weighted by molar-refractivity contribution is 8.00. The Morgan fingerprint density at radius 1 is 1.47 bits per heavy atom. The van der Waals surface area contributed by atoms with Gasteiger partial charge in [0.05, 0.1) is 12.2 Å². The van der Waals surface area contributed by atoms with Gasteiger partial charge in [0.25, 0.3) is 0 Å². The van der Waals surface area contributed by atoms with Crippen molar-refractivity contribution in [1.29, 1.82) is 0 Å². The first-order chi connectivity index (χ1) is 8.97. The van der Waals surface area contributed by atoms with Crippen LogP contribution >= 0.6 is 11.8 Å². The number of hydrogen-bond donors (Lipinski definition) is 1. The summed E-state index contributed by atoms with van der Waals surface area (Å²) >= 11 is 1.64. The highest BCUT2D eigenvalue weighted by Crippen LogP contribution is 2.38. The summed E-state index contributed by atoms with van der Waals surface area (Å²) in [6.45, 7) is 6.57. The number of rotatable bonds is 4. The molecule has 1 fully saturated rings. The molecule has 0 saturated carbocycles. The average Bonchev–Trinajstić information content (AvgIpc) is 2.70. The van der Waals surface area contributed by atoms with Crippen LogP contribution < -0.4 is 10.5 Å². The molecule has 2 unspecified atom stereocenters. The van der Waals surface area contributed by atoms with Crippen molar-refractivity contribution in [2.45, 2.75) is 49.5 Å². The molecule has 3 nitrogen and oxygen atoms in total. The third-order valence-corrected chi connectivity index (χ3v) is 4.54. The molecular formula is C14H20FNO2S. The molecule has 0 amide bonds. The normalized spacial score (nSPS) is 23.0. The van der Waals surface area contributed by atoms with Gasteiger partial charge in [0.15, 0.2) is 11.6 Å². The van der Waals surface area contributed by atoms with Gasteiger partial charge in [-0.05, 0) is 33.3 Å². The van der Waals surface area contributed by atoms with E-state index < -0.39 is 5.82 Å². The molecular weight excluding hydrogens is 265 g/mol. The largest absolute Gasteiger partial charge is 0.488 e. The van der Waals surface area contributed by atoms with Crippen LogP contribution in [0.1, 0.15) is 27.2 Å². The van der Waals surface area contributed by atoms with Crippen molar-refractivity contribution in [3.8, 4) is 5.75 Å². The number of benzene rings is 1. The first-order valence-corrected chi connectivity index (χ1v) is 7.39. The van der Waals surface area contributed by atoms with Crippen LogP contribution in [-0.4, -0.2) is 24.1 Å². The summed E-state index contributed by atoms with van der Waals surface area (Å²) in [6, 6.07) is 3.03. The molecule has 0 spiro atoms. The van der Waals surface area contributed by atoms with Gasteiger partial charge < -0.3 is 15.2 Å². The van der Waals surface area contributed by atoms with E-state index in [4.69, 9.17) is 15.2 Å². The first kappa shape index (κ1) is 14.5. The molecule has 5 heteroatoms. The van der Waals surface area contributed by atoms with Crippen LogP contribution in [0.15, 0.2) is 17.0 Å². The Bertz CT molecular complexity index is 453. The number of nitrogens with two attached hydrogens (primary N) is 1. The van der Waals surface area contributed by atoms with Gasteiger partial charge in [-0.25, -0.2) is 4.39 Å². The maximum atomic E-state index is 13.7. The number of halogens is 1. The van der Waals surface area contributed by atoms with Crippen LogP contribution in [0.5, 0.6) is 5.75 Å². The molecule has 0 aliphatic carbocycles. The second-order valence-corrected chi connectivity index (χ2v) is 6.29. The summed E-state index contributed by atoms with van der Waals surface area (Å²) in [4.78, 5) is 0.861. The number of nitrogen functional groups attached to an aromatic ring is 1. The van der Waals surface area contributed by atoms with Crippen molar-refractivity contribution in [2.75, 3.05) is 12.3 Å². The monoisotopic (exact) mass is 285 g/mol. The zero-order valence-electron chi connectivity index (χ0n) is 11.5. The maximum absolute atomic E-state index is 13.7. The van der Waals surface area contributed by atoms with Gasteiger partial charge in [-0.15, -0.1) is 11.8 Å². The van der Waals surface area contributed by atoms with Crippen LogP contribution in [0.25, 0.3) is 0 Å². The molecule has 2 N–H and O–H groups in total. The van der Waals surface area contributed by atoms with Gasteiger partial charge in [-0.3, -0.25) is 0 Å². The van der Waals surface area contributed by atoms with Gasteiger partial charge in [0.2, 0.25) is 0 Å². The van der Waals surface area contributed by atoms with E-state index in [0.717, 1.165) is 17.9 Å². The van der Waals surface area contributed by atoms with Crippen molar-refractivity contribution >= 4 is 17.4 Å². The van der Waals surface area contributed by atoms with Crippen LogP contribution in [0, 0.1) is 5.82 Å². The highest BCUT2D eigenvalue weighted by atomic mass is 32.2. The predicted molar refractivity (Wildman–Crippen MR) is 76.3 cm³/mol. The SMILES string of the molecule is CC(C)Oc1cc(SC2CCOC2C)c(N)cc1F. The minimum Gasteiger partial charge on any atom is -0.488 e. The van der Waals surface area contributed by atoms with E-state index in [-0.39, 0.29) is 18.0 Å². The molecule has 1 aromatic carbocycles. The summed E-state index contributed by atoms with van der Waals surface area (Å²) in [7, 11) is 0. The smallest absolute Gasteiger partial charge is 0.167 e. The molecule has 19 heavy (non-hydrogen) atoms. The standard InChI is InChI=1S/C14H20FNO2S/c1-8(2)18-12-7-14(11(16)6-10(12)15)19-13-4-5-17-9(13)3/h6-9,13H,4-5,16H2,1-3H3. The van der Waals surface area contributed by atoms with Crippen LogP contribution in [0.4, 0.5) is 10.1 Å². The number of thioether (sulfide) groups is 1. The summed E-state index contributed by atoms with van der Waals surface area (Å²) in [5, 5.41) is 0.361. The van der Waals surface area contributed by atoms with Gasteiger partial charge in [0.1, 0.15) is 0 Å². The summed E-state index contributed by atoms with van der Waals surface area (Å²) in [6.07, 6.45) is 1.12. The van der Waals surface area contributed by atoms with Gasteiger partial charge in [-0.2, -0.15) is 0 Å². The van der Waals surface area contributed by atoms with E-state index in [0.29, 0.717) is 10.9 Å². The van der Waals surface area contributed by atoms with Crippen LogP contribution in [-0.2, 0) is 4.74 Å². The Morgan fingerprint density at radius 2 is 2.21 bits per heavy atom. The van der Waals surface area contributed by atoms with Crippen molar-refractivity contribution < 1.29 is 13.9 Å². The Hall–Kier alpha value is -0.940. The van der Waals surface area contributed by atoms with Gasteiger partial charge in [-0.1, -0.05) is 0 Å². The fourth-order valence-corrected chi connectivity index (χ4v) is 3.21. The Kier molecular flexibility index (Phi) is 4.58. The molecule has 0 bridgehead atoms. The Balaban J connectivity index is 2.19. The van der Waals surface area contributed by atoms with E-state index in [2.05, 4.69) is 6.92 Å². The van der Waals surface area contributed by atoms with Crippen LogP contribution in [0.3, 0.4) is 0 Å². The molecule has 106 valence electrons. The number of anilines is 1. The molecule has 0 aromatic heterocycles. The van der Waals surface area contributed by atoms with E-state index in [1.165, 1.54) is 6.07 Å². The minimum absolute atomic E-state index is 0.0651. The third kappa shape index (κ3) is 3.54. The fraction of sp³-hybridized carbons (Fsp3) is 0.571. The lowest BCUT2D eigenvalue weighted by molar-refractivity contribution is 0.127. The number of ether oxygens (including phenoxy) is 2. The van der Waals surface area contributed by atoms with Crippen molar-refractivity contribution in [3.05, 3.63) is 17.9 Å². The van der Waals surface area contributed by atoms with Crippen molar-refractivity contribution in [1.82, 2.24) is 0 Å². The quantitative estimate of drug-likeness (QED) is 0.860. The molecule has 1 aliphatic heterocycles.